The Morgan fingerprint density at radius 3 is 2.66 bits per heavy atom. The van der Waals surface area contributed by atoms with Gasteiger partial charge in [0.25, 0.3) is 0 Å². The van der Waals surface area contributed by atoms with Gasteiger partial charge in [0.05, 0.1) is 29.7 Å². The average molecular weight is 390 g/mol. The highest BCUT2D eigenvalue weighted by Crippen LogP contribution is 2.40. The summed E-state index contributed by atoms with van der Waals surface area (Å²) >= 11 is 0. The van der Waals surface area contributed by atoms with E-state index in [1.54, 1.807) is 23.9 Å². The van der Waals surface area contributed by atoms with Gasteiger partial charge in [0.1, 0.15) is 13.2 Å². The quantitative estimate of drug-likeness (QED) is 0.483. The Labute approximate surface area is 169 Å². The first-order valence-electron chi connectivity index (χ1n) is 9.40. The van der Waals surface area contributed by atoms with Gasteiger partial charge in [0.2, 0.25) is 5.75 Å². The number of carbonyl (C=O) groups excluding carboxylic acids is 1. The average Bonchev–Trinajstić information content (AvgIpc) is 3.06. The molecule has 0 fully saturated rings. The molecule has 0 spiro atoms. The fraction of sp³-hybridized carbons (Fsp3) is 0.217. The SMILES string of the molecule is COc1cc(/C=C/C(=O)c2c(C)nn(-c3ccccc3)c2C)cc2c1OCCO2. The van der Waals surface area contributed by atoms with Crippen LogP contribution in [-0.2, 0) is 0 Å². The fourth-order valence-corrected chi connectivity index (χ4v) is 3.46. The largest absolute Gasteiger partial charge is 0.493 e. The predicted molar refractivity (Wildman–Crippen MR) is 110 cm³/mol. The van der Waals surface area contributed by atoms with E-state index in [2.05, 4.69) is 5.10 Å². The van der Waals surface area contributed by atoms with Gasteiger partial charge in [0.15, 0.2) is 17.3 Å². The predicted octanol–water partition coefficient (Wildman–Crippen LogP) is 4.17. The van der Waals surface area contributed by atoms with Crippen LogP contribution in [0.25, 0.3) is 11.8 Å². The lowest BCUT2D eigenvalue weighted by Crippen LogP contribution is -2.16. The molecule has 0 N–H and O–H groups in total. The second-order valence-corrected chi connectivity index (χ2v) is 6.74. The fourth-order valence-electron chi connectivity index (χ4n) is 3.46. The molecule has 1 aromatic heterocycles. The van der Waals surface area contributed by atoms with Crippen LogP contribution in [0, 0.1) is 13.8 Å². The molecule has 6 nitrogen and oxygen atoms in total. The number of rotatable bonds is 5. The number of carbonyl (C=O) groups is 1. The first-order chi connectivity index (χ1) is 14.1. The third-order valence-corrected chi connectivity index (χ3v) is 4.82. The van der Waals surface area contributed by atoms with Gasteiger partial charge in [-0.3, -0.25) is 4.79 Å². The van der Waals surface area contributed by atoms with Crippen LogP contribution in [0.3, 0.4) is 0 Å². The van der Waals surface area contributed by atoms with E-state index in [9.17, 15) is 4.79 Å². The molecule has 0 saturated carbocycles. The van der Waals surface area contributed by atoms with E-state index in [0.717, 1.165) is 16.9 Å². The minimum absolute atomic E-state index is 0.101. The van der Waals surface area contributed by atoms with Gasteiger partial charge >= 0.3 is 0 Å². The van der Waals surface area contributed by atoms with Crippen LogP contribution in [0.15, 0.2) is 48.5 Å². The number of ether oxygens (including phenoxy) is 3. The molecule has 29 heavy (non-hydrogen) atoms. The van der Waals surface area contributed by atoms with Crippen molar-refractivity contribution < 1.29 is 19.0 Å². The van der Waals surface area contributed by atoms with Crippen molar-refractivity contribution in [2.45, 2.75) is 13.8 Å². The summed E-state index contributed by atoms with van der Waals surface area (Å²) in [5, 5.41) is 4.55. The normalized spacial score (nSPS) is 12.9. The van der Waals surface area contributed by atoms with Gasteiger partial charge in [-0.15, -0.1) is 0 Å². The molecule has 0 unspecified atom stereocenters. The zero-order valence-electron chi connectivity index (χ0n) is 16.6. The summed E-state index contributed by atoms with van der Waals surface area (Å²) in [5.41, 5.74) is 3.83. The molecule has 0 aliphatic carbocycles. The number of para-hydroxylation sites is 1. The van der Waals surface area contributed by atoms with E-state index >= 15 is 0 Å². The summed E-state index contributed by atoms with van der Waals surface area (Å²) in [6, 6.07) is 13.4. The molecule has 148 valence electrons. The van der Waals surface area contributed by atoms with Crippen LogP contribution in [0.5, 0.6) is 17.2 Å². The number of nitrogens with zero attached hydrogens (tertiary/aromatic N) is 2. The second kappa shape index (κ2) is 7.83. The van der Waals surface area contributed by atoms with Crippen LogP contribution in [-0.4, -0.2) is 35.9 Å². The Hall–Kier alpha value is -3.54. The lowest BCUT2D eigenvalue weighted by Gasteiger charge is -2.20. The Kier molecular flexibility index (Phi) is 5.08. The molecule has 0 radical (unpaired) electrons. The maximum absolute atomic E-state index is 12.9. The molecule has 6 heteroatoms. The van der Waals surface area contributed by atoms with Gasteiger partial charge < -0.3 is 14.2 Å². The van der Waals surface area contributed by atoms with Crippen LogP contribution in [0.4, 0.5) is 0 Å². The molecule has 3 aromatic rings. The number of allylic oxidation sites excluding steroid dienone is 1. The van der Waals surface area contributed by atoms with Crippen molar-refractivity contribution >= 4 is 11.9 Å². The van der Waals surface area contributed by atoms with Crippen molar-refractivity contribution in [1.82, 2.24) is 9.78 Å². The third-order valence-electron chi connectivity index (χ3n) is 4.82. The van der Waals surface area contributed by atoms with Crippen molar-refractivity contribution in [2.75, 3.05) is 20.3 Å². The lowest BCUT2D eigenvalue weighted by atomic mass is 10.1. The summed E-state index contributed by atoms with van der Waals surface area (Å²) in [4.78, 5) is 12.9. The molecule has 0 atom stereocenters. The maximum Gasteiger partial charge on any atom is 0.203 e. The minimum atomic E-state index is -0.101. The molecule has 2 heterocycles. The van der Waals surface area contributed by atoms with Gasteiger partial charge in [-0.2, -0.15) is 5.10 Å². The Bertz CT molecular complexity index is 1070. The van der Waals surface area contributed by atoms with E-state index in [0.29, 0.717) is 41.7 Å². The number of benzene rings is 2. The first kappa shape index (κ1) is 18.8. The second-order valence-electron chi connectivity index (χ2n) is 6.74. The summed E-state index contributed by atoms with van der Waals surface area (Å²) in [6.07, 6.45) is 3.30. The van der Waals surface area contributed by atoms with Crippen molar-refractivity contribution in [3.8, 4) is 22.9 Å². The number of ketones is 1. The highest BCUT2D eigenvalue weighted by atomic mass is 16.6. The van der Waals surface area contributed by atoms with Crippen molar-refractivity contribution in [2.24, 2.45) is 0 Å². The van der Waals surface area contributed by atoms with Crippen LogP contribution in [0.1, 0.15) is 27.3 Å². The Balaban J connectivity index is 1.64. The van der Waals surface area contributed by atoms with E-state index in [-0.39, 0.29) is 5.78 Å². The molecule has 1 aliphatic heterocycles. The topological polar surface area (TPSA) is 62.6 Å². The number of aryl methyl sites for hydroxylation is 1. The summed E-state index contributed by atoms with van der Waals surface area (Å²) in [7, 11) is 1.58. The lowest BCUT2D eigenvalue weighted by molar-refractivity contribution is 0.104. The van der Waals surface area contributed by atoms with E-state index in [4.69, 9.17) is 14.2 Å². The smallest absolute Gasteiger partial charge is 0.203 e. The molecule has 1 aliphatic rings. The summed E-state index contributed by atoms with van der Waals surface area (Å²) in [5.74, 6) is 1.69. The van der Waals surface area contributed by atoms with Crippen LogP contribution < -0.4 is 14.2 Å². The highest BCUT2D eigenvalue weighted by molar-refractivity contribution is 6.08. The standard InChI is InChI=1S/C23H22N2O4/c1-15-22(16(2)25(24-15)18-7-5-4-6-8-18)19(26)10-9-17-13-20(27-3)23-21(14-17)28-11-12-29-23/h4-10,13-14H,11-12H2,1-3H3/b10-9+. The molecule has 4 rings (SSSR count). The molecule has 2 aromatic carbocycles. The molecule has 0 saturated heterocycles. The van der Waals surface area contributed by atoms with Crippen molar-refractivity contribution in [3.63, 3.8) is 0 Å². The Morgan fingerprint density at radius 1 is 1.14 bits per heavy atom. The highest BCUT2D eigenvalue weighted by Gasteiger charge is 2.19. The third kappa shape index (κ3) is 3.61. The van der Waals surface area contributed by atoms with Crippen molar-refractivity contribution in [1.29, 1.82) is 0 Å². The van der Waals surface area contributed by atoms with E-state index < -0.39 is 0 Å². The number of aromatic nitrogens is 2. The number of hydrogen-bond donors (Lipinski definition) is 0. The van der Waals surface area contributed by atoms with Gasteiger partial charge in [-0.05, 0) is 49.8 Å². The first-order valence-corrected chi connectivity index (χ1v) is 9.40. The van der Waals surface area contributed by atoms with Gasteiger partial charge in [-0.1, -0.05) is 24.3 Å². The zero-order chi connectivity index (χ0) is 20.4. The summed E-state index contributed by atoms with van der Waals surface area (Å²) < 4.78 is 18.5. The zero-order valence-corrected chi connectivity index (χ0v) is 16.6. The van der Waals surface area contributed by atoms with E-state index in [1.807, 2.05) is 56.3 Å². The van der Waals surface area contributed by atoms with Gasteiger partial charge in [-0.25, -0.2) is 4.68 Å². The van der Waals surface area contributed by atoms with Crippen LogP contribution >= 0.6 is 0 Å². The molecular formula is C23H22N2O4. The number of fused-ring (bicyclic) bond motifs is 1. The van der Waals surface area contributed by atoms with Gasteiger partial charge in [0, 0.05) is 0 Å². The van der Waals surface area contributed by atoms with Crippen LogP contribution in [0.2, 0.25) is 0 Å². The molecule has 0 bridgehead atoms. The van der Waals surface area contributed by atoms with E-state index in [1.165, 1.54) is 0 Å². The Morgan fingerprint density at radius 2 is 1.90 bits per heavy atom. The monoisotopic (exact) mass is 390 g/mol. The maximum atomic E-state index is 12.9. The van der Waals surface area contributed by atoms with Crippen molar-refractivity contribution in [3.05, 3.63) is 71.1 Å². The number of methoxy groups -OCH3 is 1. The number of hydrogen-bond acceptors (Lipinski definition) is 5. The molecular weight excluding hydrogens is 368 g/mol. The summed E-state index contributed by atoms with van der Waals surface area (Å²) in [6.45, 7) is 4.72. The minimum Gasteiger partial charge on any atom is -0.493 e. The molecule has 0 amide bonds.